The van der Waals surface area contributed by atoms with E-state index in [1.807, 2.05) is 30.3 Å². The lowest BCUT2D eigenvalue weighted by Crippen LogP contribution is -2.24. The van der Waals surface area contributed by atoms with Crippen LogP contribution in [-0.4, -0.2) is 6.04 Å². The van der Waals surface area contributed by atoms with Crippen LogP contribution in [0.3, 0.4) is 0 Å². The monoisotopic (exact) mass is 415 g/mol. The number of rotatable bonds is 7. The average molecular weight is 417 g/mol. The van der Waals surface area contributed by atoms with E-state index in [2.05, 4.69) is 41.2 Å². The van der Waals surface area contributed by atoms with Gasteiger partial charge in [-0.3, -0.25) is 0 Å². The first-order valence-corrected chi connectivity index (χ1v) is 9.13. The fraction of sp³-hybridized carbons (Fsp3) is 0.333. The van der Waals surface area contributed by atoms with Gasteiger partial charge in [-0.25, -0.2) is 0 Å². The van der Waals surface area contributed by atoms with Gasteiger partial charge >= 0.3 is 0 Å². The molecular formula is C18H20BrCl2NO. The van der Waals surface area contributed by atoms with Gasteiger partial charge in [0.2, 0.25) is 0 Å². The second-order valence-corrected chi connectivity index (χ2v) is 7.16. The summed E-state index contributed by atoms with van der Waals surface area (Å²) in [4.78, 5) is 0. The third kappa shape index (κ3) is 5.39. The first-order chi connectivity index (χ1) is 11.0. The highest BCUT2D eigenvalue weighted by Crippen LogP contribution is 2.28. The van der Waals surface area contributed by atoms with Crippen LogP contribution in [0.5, 0.6) is 5.75 Å². The molecular weight excluding hydrogens is 397 g/mol. The third-order valence-electron chi connectivity index (χ3n) is 3.71. The molecule has 0 fully saturated rings. The Labute approximate surface area is 156 Å². The van der Waals surface area contributed by atoms with Gasteiger partial charge in [0.15, 0.2) is 0 Å². The maximum atomic E-state index is 6.20. The van der Waals surface area contributed by atoms with Crippen molar-refractivity contribution in [2.24, 2.45) is 0 Å². The third-order valence-corrected chi connectivity index (χ3v) is 4.91. The van der Waals surface area contributed by atoms with Crippen LogP contribution in [0.15, 0.2) is 40.9 Å². The molecule has 0 saturated heterocycles. The summed E-state index contributed by atoms with van der Waals surface area (Å²) in [6, 6.07) is 11.9. The summed E-state index contributed by atoms with van der Waals surface area (Å²) in [7, 11) is 0. The van der Waals surface area contributed by atoms with Crippen molar-refractivity contribution < 1.29 is 4.74 Å². The molecule has 0 aliphatic heterocycles. The largest absolute Gasteiger partial charge is 0.488 e. The van der Waals surface area contributed by atoms with Gasteiger partial charge in [-0.15, -0.1) is 0 Å². The summed E-state index contributed by atoms with van der Waals surface area (Å²) in [5, 5.41) is 4.72. The quantitative estimate of drug-likeness (QED) is 0.578. The lowest BCUT2D eigenvalue weighted by atomic mass is 10.1. The summed E-state index contributed by atoms with van der Waals surface area (Å²) in [6.07, 6.45) is 1.08. The maximum absolute atomic E-state index is 6.20. The van der Waals surface area contributed by atoms with Gasteiger partial charge in [-0.2, -0.15) is 0 Å². The molecule has 2 aromatic rings. The van der Waals surface area contributed by atoms with Gasteiger partial charge < -0.3 is 10.1 Å². The van der Waals surface area contributed by atoms with Crippen LogP contribution < -0.4 is 10.1 Å². The van der Waals surface area contributed by atoms with Gasteiger partial charge in [0.25, 0.3) is 0 Å². The lowest BCUT2D eigenvalue weighted by molar-refractivity contribution is 0.301. The van der Waals surface area contributed by atoms with E-state index in [0.717, 1.165) is 34.3 Å². The summed E-state index contributed by atoms with van der Waals surface area (Å²) in [5.41, 5.74) is 1.91. The van der Waals surface area contributed by atoms with Crippen LogP contribution in [0, 0.1) is 0 Å². The minimum atomic E-state index is 0.344. The normalized spacial score (nSPS) is 12.2. The van der Waals surface area contributed by atoms with Gasteiger partial charge in [0, 0.05) is 38.2 Å². The smallest absolute Gasteiger partial charge is 0.124 e. The molecule has 1 N–H and O–H groups in total. The number of ether oxygens (including phenoxy) is 1. The Hall–Kier alpha value is -0.740. The van der Waals surface area contributed by atoms with Crippen molar-refractivity contribution in [2.75, 3.05) is 0 Å². The highest BCUT2D eigenvalue weighted by molar-refractivity contribution is 9.10. The second kappa shape index (κ2) is 8.93. The number of nitrogens with one attached hydrogen (secondary N) is 1. The van der Waals surface area contributed by atoms with Crippen molar-refractivity contribution in [1.82, 2.24) is 5.32 Å². The van der Waals surface area contributed by atoms with Crippen molar-refractivity contribution in [3.63, 3.8) is 0 Å². The summed E-state index contributed by atoms with van der Waals surface area (Å²) in [5.74, 6) is 0.833. The second-order valence-electron chi connectivity index (χ2n) is 5.43. The van der Waals surface area contributed by atoms with Gasteiger partial charge in [-0.1, -0.05) is 52.1 Å². The molecule has 23 heavy (non-hydrogen) atoms. The molecule has 0 heterocycles. The van der Waals surface area contributed by atoms with E-state index in [0.29, 0.717) is 22.7 Å². The van der Waals surface area contributed by atoms with Gasteiger partial charge in [0.05, 0.1) is 0 Å². The van der Waals surface area contributed by atoms with Crippen LogP contribution in [0.1, 0.15) is 31.4 Å². The van der Waals surface area contributed by atoms with Gasteiger partial charge in [0.1, 0.15) is 12.4 Å². The van der Waals surface area contributed by atoms with E-state index in [9.17, 15) is 0 Å². The molecule has 0 aliphatic carbocycles. The van der Waals surface area contributed by atoms with Crippen LogP contribution in [0.25, 0.3) is 0 Å². The number of halogens is 3. The highest BCUT2D eigenvalue weighted by atomic mass is 79.9. The Morgan fingerprint density at radius 2 is 1.87 bits per heavy atom. The molecule has 2 nitrogen and oxygen atoms in total. The molecule has 2 rings (SSSR count). The van der Waals surface area contributed by atoms with E-state index in [-0.39, 0.29) is 0 Å². The minimum absolute atomic E-state index is 0.344. The Bertz CT molecular complexity index is 643. The Morgan fingerprint density at radius 3 is 2.52 bits per heavy atom. The van der Waals surface area contributed by atoms with Crippen molar-refractivity contribution >= 4 is 39.1 Å². The molecule has 0 spiro atoms. The Morgan fingerprint density at radius 1 is 1.17 bits per heavy atom. The van der Waals surface area contributed by atoms with Crippen LogP contribution in [0.2, 0.25) is 10.0 Å². The van der Waals surface area contributed by atoms with E-state index < -0.39 is 0 Å². The zero-order chi connectivity index (χ0) is 16.8. The maximum Gasteiger partial charge on any atom is 0.124 e. The van der Waals surface area contributed by atoms with Crippen LogP contribution >= 0.6 is 39.1 Å². The van der Waals surface area contributed by atoms with Crippen molar-refractivity contribution in [2.45, 2.75) is 39.5 Å². The standard InChI is InChI=1S/C18H20BrCl2NO/c1-3-12(2)22-10-13-9-14(19)7-8-18(13)23-11-15-16(20)5-4-6-17(15)21/h4-9,12,22H,3,10-11H2,1-2H3/t12-/m0/s1. The zero-order valence-corrected chi connectivity index (χ0v) is 16.3. The number of hydrogen-bond donors (Lipinski definition) is 1. The summed E-state index contributed by atoms with van der Waals surface area (Å²) >= 11 is 15.9. The SMILES string of the molecule is CC[C@H](C)NCc1cc(Br)ccc1OCc1c(Cl)cccc1Cl. The van der Waals surface area contributed by atoms with E-state index in [1.54, 1.807) is 0 Å². The fourth-order valence-electron chi connectivity index (χ4n) is 2.08. The fourth-order valence-corrected chi connectivity index (χ4v) is 2.99. The van der Waals surface area contributed by atoms with Crippen molar-refractivity contribution in [3.05, 3.63) is 62.0 Å². The first-order valence-electron chi connectivity index (χ1n) is 7.58. The Kier molecular flexibility index (Phi) is 7.22. The molecule has 124 valence electrons. The zero-order valence-electron chi connectivity index (χ0n) is 13.2. The molecule has 0 unspecified atom stereocenters. The van der Waals surface area contributed by atoms with E-state index in [1.165, 1.54) is 0 Å². The number of benzene rings is 2. The van der Waals surface area contributed by atoms with Crippen LogP contribution in [-0.2, 0) is 13.2 Å². The molecule has 0 saturated carbocycles. The molecule has 5 heteroatoms. The minimum Gasteiger partial charge on any atom is -0.488 e. The van der Waals surface area contributed by atoms with Gasteiger partial charge in [-0.05, 0) is 43.7 Å². The van der Waals surface area contributed by atoms with Crippen LogP contribution in [0.4, 0.5) is 0 Å². The van der Waals surface area contributed by atoms with E-state index >= 15 is 0 Å². The van der Waals surface area contributed by atoms with Crippen molar-refractivity contribution in [3.8, 4) is 5.75 Å². The predicted octanol–water partition coefficient (Wildman–Crippen LogP) is 6.22. The Balaban J connectivity index is 2.13. The molecule has 2 aromatic carbocycles. The summed E-state index contributed by atoms with van der Waals surface area (Å²) < 4.78 is 7.01. The molecule has 0 amide bonds. The molecule has 1 atom stereocenters. The predicted molar refractivity (Wildman–Crippen MR) is 102 cm³/mol. The highest BCUT2D eigenvalue weighted by Gasteiger charge is 2.10. The number of hydrogen-bond acceptors (Lipinski definition) is 2. The lowest BCUT2D eigenvalue weighted by Gasteiger charge is -2.16. The molecule has 0 radical (unpaired) electrons. The van der Waals surface area contributed by atoms with E-state index in [4.69, 9.17) is 27.9 Å². The average Bonchev–Trinajstić information content (AvgIpc) is 2.53. The van der Waals surface area contributed by atoms with Crippen molar-refractivity contribution in [1.29, 1.82) is 0 Å². The topological polar surface area (TPSA) is 21.3 Å². The summed E-state index contributed by atoms with van der Waals surface area (Å²) in [6.45, 7) is 5.42. The molecule has 0 bridgehead atoms. The molecule has 0 aromatic heterocycles. The molecule has 0 aliphatic rings. The first kappa shape index (κ1) is 18.6.